The molecule has 26 heavy (non-hydrogen) atoms. The molecule has 0 spiro atoms. The molecule has 0 aliphatic heterocycles. The Kier molecular flexibility index (Phi) is 5.72. The van der Waals surface area contributed by atoms with Gasteiger partial charge in [0.15, 0.2) is 0 Å². The van der Waals surface area contributed by atoms with Gasteiger partial charge in [-0.15, -0.1) is 4.91 Å². The number of esters is 1. The Morgan fingerprint density at radius 1 is 0.962 bits per heavy atom. The van der Waals surface area contributed by atoms with E-state index in [0.717, 1.165) is 6.08 Å². The molecule has 0 bridgehead atoms. The van der Waals surface area contributed by atoms with Crippen molar-refractivity contribution in [3.63, 3.8) is 0 Å². The standard InChI is InChI=1S/C16H19F6NO3/c1-2-13(24)26-12-8-4-5-9-10(12)6-3-7-11(9)14(23-25,15(17,18)19)16(20,21)22/h2,9-12H,1,3-8H2. The number of carbonyl (C=O) groups is 1. The summed E-state index contributed by atoms with van der Waals surface area (Å²) in [6.07, 6.45) is -10.9. The van der Waals surface area contributed by atoms with Crippen molar-refractivity contribution >= 4 is 5.97 Å². The van der Waals surface area contributed by atoms with Gasteiger partial charge in [0.1, 0.15) is 6.10 Å². The van der Waals surface area contributed by atoms with Crippen LogP contribution in [0.2, 0.25) is 0 Å². The van der Waals surface area contributed by atoms with Crippen LogP contribution in [0, 0.1) is 22.7 Å². The molecule has 0 amide bonds. The summed E-state index contributed by atoms with van der Waals surface area (Å²) in [5, 5.41) is 1.65. The molecule has 0 aromatic carbocycles. The van der Waals surface area contributed by atoms with Crippen molar-refractivity contribution in [2.24, 2.45) is 22.9 Å². The monoisotopic (exact) mass is 387 g/mol. The summed E-state index contributed by atoms with van der Waals surface area (Å²) in [5.74, 6) is -4.52. The van der Waals surface area contributed by atoms with Crippen molar-refractivity contribution in [1.29, 1.82) is 0 Å². The van der Waals surface area contributed by atoms with Crippen LogP contribution in [-0.4, -0.2) is 30.0 Å². The summed E-state index contributed by atoms with van der Waals surface area (Å²) < 4.78 is 85.9. The quantitative estimate of drug-likeness (QED) is 0.297. The highest BCUT2D eigenvalue weighted by Gasteiger charge is 2.78. The minimum absolute atomic E-state index is 0.0669. The number of nitrogens with zero attached hydrogens (tertiary/aromatic N) is 1. The van der Waals surface area contributed by atoms with E-state index < -0.39 is 54.1 Å². The zero-order chi connectivity index (χ0) is 19.8. The SMILES string of the molecule is C=CC(=O)OC1CCCC2C1CCCC2C(N=O)(C(F)(F)F)C(F)(F)F. The van der Waals surface area contributed by atoms with E-state index in [-0.39, 0.29) is 12.8 Å². The molecule has 10 heteroatoms. The Morgan fingerprint density at radius 3 is 2.00 bits per heavy atom. The third-order valence-electron chi connectivity index (χ3n) is 5.60. The van der Waals surface area contributed by atoms with Crippen LogP contribution in [0.1, 0.15) is 38.5 Å². The fourth-order valence-corrected chi connectivity index (χ4v) is 4.56. The summed E-state index contributed by atoms with van der Waals surface area (Å²) >= 11 is 0. The molecule has 2 aliphatic rings. The maximum Gasteiger partial charge on any atom is 0.426 e. The number of rotatable bonds is 4. The highest BCUT2D eigenvalue weighted by atomic mass is 19.4. The molecule has 0 saturated heterocycles. The lowest BCUT2D eigenvalue weighted by atomic mass is 9.58. The van der Waals surface area contributed by atoms with Crippen molar-refractivity contribution in [1.82, 2.24) is 0 Å². The molecule has 0 heterocycles. The summed E-state index contributed by atoms with van der Waals surface area (Å²) in [5.41, 5.74) is -4.65. The highest BCUT2D eigenvalue weighted by Crippen LogP contribution is 2.58. The molecule has 2 saturated carbocycles. The molecule has 0 aromatic rings. The van der Waals surface area contributed by atoms with Crippen LogP contribution in [-0.2, 0) is 9.53 Å². The molecule has 2 rings (SSSR count). The van der Waals surface area contributed by atoms with E-state index in [1.165, 1.54) is 0 Å². The van der Waals surface area contributed by atoms with Gasteiger partial charge in [0, 0.05) is 12.0 Å². The van der Waals surface area contributed by atoms with E-state index in [4.69, 9.17) is 4.74 Å². The van der Waals surface area contributed by atoms with Gasteiger partial charge in [-0.05, 0) is 49.1 Å². The van der Waals surface area contributed by atoms with Crippen LogP contribution in [0.5, 0.6) is 0 Å². The summed E-state index contributed by atoms with van der Waals surface area (Å²) in [6.45, 7) is 3.23. The largest absolute Gasteiger partial charge is 0.459 e. The van der Waals surface area contributed by atoms with E-state index in [2.05, 4.69) is 6.58 Å². The van der Waals surface area contributed by atoms with E-state index in [1.807, 2.05) is 0 Å². The number of ether oxygens (including phenoxy) is 1. The second kappa shape index (κ2) is 7.19. The van der Waals surface area contributed by atoms with Crippen molar-refractivity contribution in [3.05, 3.63) is 17.6 Å². The average Bonchev–Trinajstić information content (AvgIpc) is 2.53. The first-order chi connectivity index (χ1) is 12.0. The van der Waals surface area contributed by atoms with Crippen molar-refractivity contribution in [3.8, 4) is 0 Å². The van der Waals surface area contributed by atoms with Crippen LogP contribution in [0.25, 0.3) is 0 Å². The number of alkyl halides is 6. The lowest BCUT2D eigenvalue weighted by Crippen LogP contribution is -2.63. The highest BCUT2D eigenvalue weighted by molar-refractivity contribution is 5.81. The Morgan fingerprint density at radius 2 is 1.50 bits per heavy atom. The van der Waals surface area contributed by atoms with Gasteiger partial charge in [-0.2, -0.15) is 26.3 Å². The lowest BCUT2D eigenvalue weighted by molar-refractivity contribution is -0.320. The molecule has 4 atom stereocenters. The second-order valence-electron chi connectivity index (χ2n) is 6.83. The minimum Gasteiger partial charge on any atom is -0.459 e. The Labute approximate surface area is 145 Å². The van der Waals surface area contributed by atoms with E-state index in [1.54, 1.807) is 5.18 Å². The first-order valence-corrected chi connectivity index (χ1v) is 8.30. The Bertz CT molecular complexity index is 545. The van der Waals surface area contributed by atoms with Crippen LogP contribution < -0.4 is 0 Å². The number of fused-ring (bicyclic) bond motifs is 1. The smallest absolute Gasteiger partial charge is 0.426 e. The van der Waals surface area contributed by atoms with Gasteiger partial charge in [0.05, 0.1) is 0 Å². The summed E-state index contributed by atoms with van der Waals surface area (Å²) in [6, 6.07) is 0. The molecular formula is C16H19F6NO3. The van der Waals surface area contributed by atoms with Crippen LogP contribution in [0.4, 0.5) is 26.3 Å². The predicted octanol–water partition coefficient (Wildman–Crippen LogP) is 4.93. The number of nitroso groups, excluding NO2 is 1. The van der Waals surface area contributed by atoms with Crippen LogP contribution in [0.3, 0.4) is 0 Å². The number of hydrogen-bond acceptors (Lipinski definition) is 4. The lowest BCUT2D eigenvalue weighted by Gasteiger charge is -2.50. The molecule has 4 nitrogen and oxygen atoms in total. The fraction of sp³-hybridized carbons (Fsp3) is 0.812. The molecule has 148 valence electrons. The molecule has 2 fully saturated rings. The third-order valence-corrected chi connectivity index (χ3v) is 5.60. The number of carbonyl (C=O) groups excluding carboxylic acids is 1. The van der Waals surface area contributed by atoms with Gasteiger partial charge in [-0.25, -0.2) is 4.79 Å². The topological polar surface area (TPSA) is 55.7 Å². The summed E-state index contributed by atoms with van der Waals surface area (Å²) in [7, 11) is 0. The van der Waals surface area contributed by atoms with E-state index in [9.17, 15) is 36.0 Å². The maximum atomic E-state index is 13.5. The van der Waals surface area contributed by atoms with E-state index in [0.29, 0.717) is 19.3 Å². The van der Waals surface area contributed by atoms with Gasteiger partial charge >= 0.3 is 18.3 Å². The predicted molar refractivity (Wildman–Crippen MR) is 78.9 cm³/mol. The fourth-order valence-electron chi connectivity index (χ4n) is 4.56. The van der Waals surface area contributed by atoms with Gasteiger partial charge in [-0.1, -0.05) is 13.0 Å². The Hall–Kier alpha value is -1.61. The molecule has 0 aromatic heterocycles. The van der Waals surface area contributed by atoms with Crippen molar-refractivity contribution < 1.29 is 35.9 Å². The number of halogens is 6. The zero-order valence-electron chi connectivity index (χ0n) is 13.8. The van der Waals surface area contributed by atoms with Crippen LogP contribution in [0.15, 0.2) is 17.8 Å². The first kappa shape index (κ1) is 20.7. The molecule has 2 aliphatic carbocycles. The van der Waals surface area contributed by atoms with Crippen molar-refractivity contribution in [2.75, 3.05) is 0 Å². The molecule has 0 radical (unpaired) electrons. The normalized spacial score (nSPS) is 30.2. The maximum absolute atomic E-state index is 13.5. The van der Waals surface area contributed by atoms with Gasteiger partial charge in [0.25, 0.3) is 5.54 Å². The zero-order valence-corrected chi connectivity index (χ0v) is 13.8. The van der Waals surface area contributed by atoms with Gasteiger partial charge in [0.2, 0.25) is 0 Å². The summed E-state index contributed by atoms with van der Waals surface area (Å²) in [4.78, 5) is 22.4. The average molecular weight is 387 g/mol. The first-order valence-electron chi connectivity index (χ1n) is 8.30. The van der Waals surface area contributed by atoms with Crippen molar-refractivity contribution in [2.45, 2.75) is 62.5 Å². The van der Waals surface area contributed by atoms with Gasteiger partial charge in [-0.3, -0.25) is 0 Å². The molecule has 4 unspecified atom stereocenters. The molecule has 0 N–H and O–H groups in total. The Balaban J connectivity index is 2.43. The molecular weight excluding hydrogens is 368 g/mol. The second-order valence-corrected chi connectivity index (χ2v) is 6.83. The van der Waals surface area contributed by atoms with Gasteiger partial charge < -0.3 is 4.74 Å². The third kappa shape index (κ3) is 3.34. The minimum atomic E-state index is -5.86. The van der Waals surface area contributed by atoms with Crippen LogP contribution >= 0.6 is 0 Å². The van der Waals surface area contributed by atoms with E-state index >= 15 is 0 Å². The number of hydrogen-bond donors (Lipinski definition) is 0.